The number of hydrogen-bond donors (Lipinski definition) is 1. The fourth-order valence-electron chi connectivity index (χ4n) is 1.39. The van der Waals surface area contributed by atoms with E-state index in [1.165, 1.54) is 6.26 Å². The van der Waals surface area contributed by atoms with Gasteiger partial charge in [-0.1, -0.05) is 6.92 Å². The Morgan fingerprint density at radius 3 is 2.61 bits per heavy atom. The SMILES string of the molecule is CCC(C)(C)NC(=O)C(C)S(=O)c1ccoc1C. The summed E-state index contributed by atoms with van der Waals surface area (Å²) < 4.78 is 17.3. The van der Waals surface area contributed by atoms with E-state index in [-0.39, 0.29) is 11.4 Å². The highest BCUT2D eigenvalue weighted by atomic mass is 32.2. The zero-order chi connectivity index (χ0) is 13.9. The topological polar surface area (TPSA) is 59.3 Å². The van der Waals surface area contributed by atoms with Crippen LogP contribution < -0.4 is 5.32 Å². The van der Waals surface area contributed by atoms with Gasteiger partial charge in [0, 0.05) is 5.54 Å². The van der Waals surface area contributed by atoms with Crippen molar-refractivity contribution in [1.29, 1.82) is 0 Å². The molecule has 5 heteroatoms. The van der Waals surface area contributed by atoms with E-state index in [2.05, 4.69) is 5.32 Å². The van der Waals surface area contributed by atoms with Gasteiger partial charge < -0.3 is 9.73 Å². The molecule has 1 heterocycles. The van der Waals surface area contributed by atoms with Gasteiger partial charge in [0.1, 0.15) is 11.0 Å². The monoisotopic (exact) mass is 271 g/mol. The third-order valence-electron chi connectivity index (χ3n) is 3.06. The van der Waals surface area contributed by atoms with Gasteiger partial charge in [0.25, 0.3) is 0 Å². The highest BCUT2D eigenvalue weighted by molar-refractivity contribution is 7.86. The third kappa shape index (κ3) is 3.45. The molecule has 102 valence electrons. The van der Waals surface area contributed by atoms with Crippen LogP contribution in [-0.2, 0) is 15.6 Å². The van der Waals surface area contributed by atoms with Crippen LogP contribution in [0.15, 0.2) is 21.6 Å². The molecule has 2 atom stereocenters. The van der Waals surface area contributed by atoms with Crippen molar-refractivity contribution in [3.8, 4) is 0 Å². The summed E-state index contributed by atoms with van der Waals surface area (Å²) in [5.41, 5.74) is -0.277. The molecule has 1 aromatic heterocycles. The molecule has 1 rings (SSSR count). The maximum Gasteiger partial charge on any atom is 0.236 e. The Hall–Kier alpha value is -1.10. The van der Waals surface area contributed by atoms with E-state index in [4.69, 9.17) is 4.42 Å². The molecule has 0 aromatic carbocycles. The average Bonchev–Trinajstić information content (AvgIpc) is 2.73. The number of furan rings is 1. The van der Waals surface area contributed by atoms with Gasteiger partial charge in [-0.25, -0.2) is 0 Å². The van der Waals surface area contributed by atoms with Gasteiger partial charge in [0.15, 0.2) is 0 Å². The minimum atomic E-state index is -1.38. The number of hydrogen-bond acceptors (Lipinski definition) is 3. The van der Waals surface area contributed by atoms with Crippen LogP contribution in [0.4, 0.5) is 0 Å². The third-order valence-corrected chi connectivity index (χ3v) is 4.78. The van der Waals surface area contributed by atoms with E-state index < -0.39 is 16.0 Å². The van der Waals surface area contributed by atoms with Crippen molar-refractivity contribution < 1.29 is 13.4 Å². The van der Waals surface area contributed by atoms with Crippen molar-refractivity contribution in [1.82, 2.24) is 5.32 Å². The second-order valence-corrected chi connectivity index (χ2v) is 6.75. The molecular formula is C13H21NO3S. The van der Waals surface area contributed by atoms with Crippen molar-refractivity contribution >= 4 is 16.7 Å². The maximum atomic E-state index is 12.2. The summed E-state index contributed by atoms with van der Waals surface area (Å²) in [7, 11) is -1.38. The molecule has 4 nitrogen and oxygen atoms in total. The average molecular weight is 271 g/mol. The fourth-order valence-corrected chi connectivity index (χ4v) is 2.55. The normalized spacial score (nSPS) is 15.2. The Bertz CT molecular complexity index is 451. The molecule has 1 aromatic rings. The number of rotatable bonds is 5. The molecule has 0 saturated carbocycles. The molecule has 0 fully saturated rings. The Morgan fingerprint density at radius 2 is 2.17 bits per heavy atom. The van der Waals surface area contributed by atoms with E-state index >= 15 is 0 Å². The van der Waals surface area contributed by atoms with Crippen LogP contribution in [0.5, 0.6) is 0 Å². The molecule has 1 amide bonds. The van der Waals surface area contributed by atoms with Crippen LogP contribution in [0, 0.1) is 6.92 Å². The largest absolute Gasteiger partial charge is 0.468 e. The second kappa shape index (κ2) is 5.69. The lowest BCUT2D eigenvalue weighted by Gasteiger charge is -2.26. The molecule has 0 radical (unpaired) electrons. The van der Waals surface area contributed by atoms with Crippen LogP contribution in [0.2, 0.25) is 0 Å². The summed E-state index contributed by atoms with van der Waals surface area (Å²) in [6.45, 7) is 9.31. The van der Waals surface area contributed by atoms with Crippen LogP contribution >= 0.6 is 0 Å². The number of carbonyl (C=O) groups is 1. The van der Waals surface area contributed by atoms with Gasteiger partial charge in [0.2, 0.25) is 5.91 Å². The zero-order valence-electron chi connectivity index (χ0n) is 11.6. The number of amides is 1. The van der Waals surface area contributed by atoms with Gasteiger partial charge in [-0.05, 0) is 40.2 Å². The Morgan fingerprint density at radius 1 is 1.56 bits per heavy atom. The van der Waals surface area contributed by atoms with Gasteiger partial charge in [-0.3, -0.25) is 9.00 Å². The molecule has 0 saturated heterocycles. The molecule has 0 spiro atoms. The standard InChI is InChI=1S/C13H21NO3S/c1-6-13(4,5)14-12(15)10(3)18(16)11-7-8-17-9(11)2/h7-8,10H,6H2,1-5H3,(H,14,15). The fraction of sp³-hybridized carbons (Fsp3) is 0.615. The Balaban J connectivity index is 2.76. The first-order valence-corrected chi connectivity index (χ1v) is 7.26. The van der Waals surface area contributed by atoms with E-state index in [0.717, 1.165) is 6.42 Å². The van der Waals surface area contributed by atoms with Crippen molar-refractivity contribution in [2.75, 3.05) is 0 Å². The van der Waals surface area contributed by atoms with Crippen molar-refractivity contribution in [2.45, 2.75) is 56.7 Å². The highest BCUT2D eigenvalue weighted by Crippen LogP contribution is 2.18. The quantitative estimate of drug-likeness (QED) is 0.894. The van der Waals surface area contributed by atoms with Crippen LogP contribution in [0.25, 0.3) is 0 Å². The van der Waals surface area contributed by atoms with E-state index in [9.17, 15) is 9.00 Å². The van der Waals surface area contributed by atoms with E-state index in [0.29, 0.717) is 10.7 Å². The number of nitrogens with one attached hydrogen (secondary N) is 1. The molecule has 2 unspecified atom stereocenters. The predicted molar refractivity (Wildman–Crippen MR) is 71.8 cm³/mol. The smallest absolute Gasteiger partial charge is 0.236 e. The first-order chi connectivity index (χ1) is 8.28. The lowest BCUT2D eigenvalue weighted by Crippen LogP contribution is -2.47. The van der Waals surface area contributed by atoms with Crippen molar-refractivity contribution in [2.24, 2.45) is 0 Å². The molecule has 18 heavy (non-hydrogen) atoms. The highest BCUT2D eigenvalue weighted by Gasteiger charge is 2.27. The van der Waals surface area contributed by atoms with Gasteiger partial charge in [0.05, 0.1) is 22.0 Å². The summed E-state index contributed by atoms with van der Waals surface area (Å²) in [4.78, 5) is 12.6. The minimum Gasteiger partial charge on any atom is -0.468 e. The Labute approximate surface area is 111 Å². The van der Waals surface area contributed by atoms with Crippen LogP contribution in [0.1, 0.15) is 39.9 Å². The number of aryl methyl sites for hydroxylation is 1. The molecule has 0 aliphatic carbocycles. The molecule has 0 aliphatic rings. The minimum absolute atomic E-state index is 0.194. The lowest BCUT2D eigenvalue weighted by atomic mass is 10.0. The van der Waals surface area contributed by atoms with Gasteiger partial charge in [-0.15, -0.1) is 0 Å². The zero-order valence-corrected chi connectivity index (χ0v) is 12.4. The van der Waals surface area contributed by atoms with Crippen LogP contribution in [-0.4, -0.2) is 20.9 Å². The molecule has 1 N–H and O–H groups in total. The van der Waals surface area contributed by atoms with E-state index in [1.807, 2.05) is 20.8 Å². The predicted octanol–water partition coefficient (Wildman–Crippen LogP) is 2.39. The maximum absolute atomic E-state index is 12.2. The first kappa shape index (κ1) is 15.0. The first-order valence-electron chi connectivity index (χ1n) is 6.05. The van der Waals surface area contributed by atoms with E-state index in [1.54, 1.807) is 19.9 Å². The summed E-state index contributed by atoms with van der Waals surface area (Å²) in [6.07, 6.45) is 2.31. The Kier molecular flexibility index (Phi) is 4.73. The molecule has 0 aliphatic heterocycles. The van der Waals surface area contributed by atoms with Crippen LogP contribution in [0.3, 0.4) is 0 Å². The summed E-state index contributed by atoms with van der Waals surface area (Å²) in [5.74, 6) is 0.406. The molecule has 0 bridgehead atoms. The lowest BCUT2D eigenvalue weighted by molar-refractivity contribution is -0.121. The van der Waals surface area contributed by atoms with Crippen molar-refractivity contribution in [3.05, 3.63) is 18.1 Å². The van der Waals surface area contributed by atoms with Gasteiger partial charge in [-0.2, -0.15) is 0 Å². The van der Waals surface area contributed by atoms with Crippen molar-refractivity contribution in [3.63, 3.8) is 0 Å². The van der Waals surface area contributed by atoms with Gasteiger partial charge >= 0.3 is 0 Å². The summed E-state index contributed by atoms with van der Waals surface area (Å²) >= 11 is 0. The summed E-state index contributed by atoms with van der Waals surface area (Å²) in [6, 6.07) is 1.65. The summed E-state index contributed by atoms with van der Waals surface area (Å²) in [5, 5.41) is 2.31. The molecular weight excluding hydrogens is 250 g/mol. The number of carbonyl (C=O) groups excluding carboxylic acids is 1. The second-order valence-electron chi connectivity index (χ2n) is 5.01.